The Bertz CT molecular complexity index is 1300. The van der Waals surface area contributed by atoms with Crippen LogP contribution in [0.25, 0.3) is 16.9 Å². The zero-order valence-corrected chi connectivity index (χ0v) is 16.7. The number of alkyl halides is 3. The van der Waals surface area contributed by atoms with Crippen LogP contribution in [0.2, 0.25) is 5.02 Å². The summed E-state index contributed by atoms with van der Waals surface area (Å²) in [7, 11) is 0. The molecule has 0 aliphatic carbocycles. The number of amides is 1. The molecule has 0 aliphatic heterocycles. The molecule has 1 amide bonds. The molecule has 4 aromatic rings. The molecule has 2 aromatic heterocycles. The summed E-state index contributed by atoms with van der Waals surface area (Å²) >= 11 is 5.85. The van der Waals surface area contributed by atoms with E-state index in [1.165, 1.54) is 18.2 Å². The van der Waals surface area contributed by atoms with Crippen molar-refractivity contribution >= 4 is 28.8 Å². The van der Waals surface area contributed by atoms with Crippen LogP contribution >= 0.6 is 11.6 Å². The van der Waals surface area contributed by atoms with Crippen LogP contribution in [-0.2, 0) is 6.18 Å². The van der Waals surface area contributed by atoms with Gasteiger partial charge in [-0.25, -0.2) is 9.50 Å². The Morgan fingerprint density at radius 3 is 2.48 bits per heavy atom. The lowest BCUT2D eigenvalue weighted by Gasteiger charge is -2.11. The number of nitrogens with zero attached hydrogens (tertiary/aromatic N) is 3. The van der Waals surface area contributed by atoms with Crippen LogP contribution in [0.1, 0.15) is 21.7 Å². The summed E-state index contributed by atoms with van der Waals surface area (Å²) in [6.07, 6.45) is -4.73. The fourth-order valence-corrected chi connectivity index (χ4v) is 3.13. The van der Waals surface area contributed by atoms with Gasteiger partial charge in [0.25, 0.3) is 5.91 Å². The summed E-state index contributed by atoms with van der Waals surface area (Å²) in [4.78, 5) is 16.8. The molecule has 2 N–H and O–H groups in total. The van der Waals surface area contributed by atoms with Crippen LogP contribution in [0.15, 0.2) is 54.6 Å². The molecule has 0 atom stereocenters. The van der Waals surface area contributed by atoms with Crippen molar-refractivity contribution < 1.29 is 23.1 Å². The number of carbonyl (C=O) groups excluding carboxylic acids is 1. The minimum atomic E-state index is -4.73. The summed E-state index contributed by atoms with van der Waals surface area (Å²) in [6.45, 7) is 1.86. The van der Waals surface area contributed by atoms with E-state index in [1.807, 2.05) is 6.92 Å². The topological polar surface area (TPSA) is 79.5 Å². The SMILES string of the molecule is Cc1ccc(-c2cc(C(F)(F)F)n3nc(C(=O)Nc4cc(Cl)ccc4O)cc3n2)cc1. The fourth-order valence-electron chi connectivity index (χ4n) is 2.95. The highest BCUT2D eigenvalue weighted by Gasteiger charge is 2.35. The number of halogens is 4. The van der Waals surface area contributed by atoms with Crippen LogP contribution < -0.4 is 5.32 Å². The summed E-state index contributed by atoms with van der Waals surface area (Å²) < 4.78 is 41.7. The van der Waals surface area contributed by atoms with Crippen molar-refractivity contribution in [3.8, 4) is 17.0 Å². The zero-order valence-electron chi connectivity index (χ0n) is 15.9. The number of benzene rings is 2. The van der Waals surface area contributed by atoms with E-state index in [1.54, 1.807) is 24.3 Å². The monoisotopic (exact) mass is 446 g/mol. The maximum absolute atomic E-state index is 13.7. The summed E-state index contributed by atoms with van der Waals surface area (Å²) in [5.41, 5.74) is 0.0169. The molecule has 0 spiro atoms. The lowest BCUT2D eigenvalue weighted by Crippen LogP contribution is -2.15. The molecule has 31 heavy (non-hydrogen) atoms. The van der Waals surface area contributed by atoms with Gasteiger partial charge in [0.1, 0.15) is 5.75 Å². The van der Waals surface area contributed by atoms with E-state index in [2.05, 4.69) is 15.4 Å². The van der Waals surface area contributed by atoms with Gasteiger partial charge in [0.2, 0.25) is 0 Å². The number of aromatic hydroxyl groups is 1. The van der Waals surface area contributed by atoms with E-state index in [4.69, 9.17) is 11.6 Å². The van der Waals surface area contributed by atoms with Crippen molar-refractivity contribution in [2.45, 2.75) is 13.1 Å². The number of fused-ring (bicyclic) bond motifs is 1. The third-order valence-electron chi connectivity index (χ3n) is 4.50. The fraction of sp³-hybridized carbons (Fsp3) is 0.0952. The number of hydrogen-bond acceptors (Lipinski definition) is 4. The van der Waals surface area contributed by atoms with E-state index >= 15 is 0 Å². The van der Waals surface area contributed by atoms with E-state index in [-0.39, 0.29) is 33.5 Å². The van der Waals surface area contributed by atoms with Gasteiger partial charge < -0.3 is 10.4 Å². The molecular formula is C21H14ClF3N4O2. The molecule has 6 nitrogen and oxygen atoms in total. The molecule has 2 heterocycles. The Hall–Kier alpha value is -3.59. The number of anilines is 1. The normalized spacial score (nSPS) is 11.6. The number of aromatic nitrogens is 3. The van der Waals surface area contributed by atoms with Crippen molar-refractivity contribution in [3.05, 3.63) is 76.6 Å². The number of phenolic OH excluding ortho intramolecular Hbond substituents is 1. The third-order valence-corrected chi connectivity index (χ3v) is 4.74. The number of phenols is 1. The summed E-state index contributed by atoms with van der Waals surface area (Å²) in [6, 6.07) is 12.9. The number of nitrogens with one attached hydrogen (secondary N) is 1. The standard InChI is InChI=1S/C21H14ClF3N4O2/c1-11-2-4-12(5-3-11)14-9-18(21(23,24)25)29-19(26-14)10-16(28-29)20(31)27-15-8-13(22)6-7-17(15)30/h2-10,30H,1H3,(H,27,31). The maximum Gasteiger partial charge on any atom is 0.433 e. The molecule has 0 aliphatic rings. The number of carbonyl (C=O) groups is 1. The highest BCUT2D eigenvalue weighted by Crippen LogP contribution is 2.33. The smallest absolute Gasteiger partial charge is 0.433 e. The Labute approximate surface area is 178 Å². The molecule has 0 saturated carbocycles. The van der Waals surface area contributed by atoms with E-state index < -0.39 is 17.8 Å². The average Bonchev–Trinajstić information content (AvgIpc) is 3.14. The zero-order chi connectivity index (χ0) is 22.3. The first kappa shape index (κ1) is 20.7. The Balaban J connectivity index is 1.79. The molecule has 0 radical (unpaired) electrons. The molecular weight excluding hydrogens is 433 g/mol. The largest absolute Gasteiger partial charge is 0.506 e. The van der Waals surface area contributed by atoms with Crippen LogP contribution in [0.3, 0.4) is 0 Å². The molecule has 0 fully saturated rings. The maximum atomic E-state index is 13.7. The van der Waals surface area contributed by atoms with Gasteiger partial charge in [-0.3, -0.25) is 4.79 Å². The summed E-state index contributed by atoms with van der Waals surface area (Å²) in [5, 5.41) is 16.3. The van der Waals surface area contributed by atoms with Gasteiger partial charge in [-0.05, 0) is 31.2 Å². The molecule has 158 valence electrons. The van der Waals surface area contributed by atoms with E-state index in [0.717, 1.165) is 17.7 Å². The van der Waals surface area contributed by atoms with E-state index in [0.29, 0.717) is 10.1 Å². The highest BCUT2D eigenvalue weighted by molar-refractivity contribution is 6.31. The minimum Gasteiger partial charge on any atom is -0.506 e. The molecule has 0 bridgehead atoms. The van der Waals surface area contributed by atoms with Crippen molar-refractivity contribution in [1.82, 2.24) is 14.6 Å². The third kappa shape index (κ3) is 4.17. The van der Waals surface area contributed by atoms with Gasteiger partial charge in [-0.15, -0.1) is 0 Å². The Morgan fingerprint density at radius 2 is 1.81 bits per heavy atom. The molecule has 0 unspecified atom stereocenters. The van der Waals surface area contributed by atoms with Gasteiger partial charge in [0.15, 0.2) is 17.0 Å². The van der Waals surface area contributed by atoms with Crippen molar-refractivity contribution in [3.63, 3.8) is 0 Å². The lowest BCUT2D eigenvalue weighted by molar-refractivity contribution is -0.142. The number of aryl methyl sites for hydroxylation is 1. The second-order valence-electron chi connectivity index (χ2n) is 6.81. The first-order valence-corrected chi connectivity index (χ1v) is 9.34. The number of rotatable bonds is 3. The highest BCUT2D eigenvalue weighted by atomic mass is 35.5. The van der Waals surface area contributed by atoms with Crippen molar-refractivity contribution in [2.75, 3.05) is 5.32 Å². The van der Waals surface area contributed by atoms with Gasteiger partial charge in [-0.2, -0.15) is 18.3 Å². The van der Waals surface area contributed by atoms with Crippen molar-refractivity contribution in [2.24, 2.45) is 0 Å². The predicted octanol–water partition coefficient (Wildman–Crippen LogP) is 5.33. The lowest BCUT2D eigenvalue weighted by atomic mass is 10.1. The first-order chi connectivity index (χ1) is 14.6. The van der Waals surface area contributed by atoms with Gasteiger partial charge in [0, 0.05) is 16.7 Å². The van der Waals surface area contributed by atoms with Crippen LogP contribution in [0.5, 0.6) is 5.75 Å². The molecule has 4 rings (SSSR count). The molecule has 0 saturated heterocycles. The number of hydrogen-bond donors (Lipinski definition) is 2. The van der Waals surface area contributed by atoms with Crippen LogP contribution in [0.4, 0.5) is 18.9 Å². The van der Waals surface area contributed by atoms with Crippen LogP contribution in [-0.4, -0.2) is 25.6 Å². The van der Waals surface area contributed by atoms with Gasteiger partial charge >= 0.3 is 6.18 Å². The minimum absolute atomic E-state index is 0.00101. The van der Waals surface area contributed by atoms with Gasteiger partial charge in [-0.1, -0.05) is 41.4 Å². The second-order valence-corrected chi connectivity index (χ2v) is 7.24. The first-order valence-electron chi connectivity index (χ1n) is 8.97. The Morgan fingerprint density at radius 1 is 1.10 bits per heavy atom. The molecule has 10 heteroatoms. The summed E-state index contributed by atoms with van der Waals surface area (Å²) in [5.74, 6) is -1.08. The van der Waals surface area contributed by atoms with Crippen molar-refractivity contribution in [1.29, 1.82) is 0 Å². The molecule has 2 aromatic carbocycles. The second kappa shape index (κ2) is 7.59. The van der Waals surface area contributed by atoms with Gasteiger partial charge in [0.05, 0.1) is 11.4 Å². The quantitative estimate of drug-likeness (QED) is 0.417. The van der Waals surface area contributed by atoms with E-state index in [9.17, 15) is 23.1 Å². The predicted molar refractivity (Wildman–Crippen MR) is 109 cm³/mol. The van der Waals surface area contributed by atoms with Crippen LogP contribution in [0, 0.1) is 6.92 Å². The Kier molecular flexibility index (Phi) is 5.06. The average molecular weight is 447 g/mol.